The molecule has 0 aromatic carbocycles. The van der Waals surface area contributed by atoms with E-state index in [1.54, 1.807) is 0 Å². The van der Waals surface area contributed by atoms with E-state index in [2.05, 4.69) is 14.8 Å². The topological polar surface area (TPSA) is 189 Å². The molecular weight excluding hydrogens is 434 g/mol. The highest BCUT2D eigenvalue weighted by molar-refractivity contribution is 5.86. The normalized spacial score (nSPS) is 21.3. The Kier molecular flexibility index (Phi) is 9.96. The van der Waals surface area contributed by atoms with Gasteiger partial charge in [-0.2, -0.15) is 0 Å². The Morgan fingerprint density at radius 3 is 2.16 bits per heavy atom. The van der Waals surface area contributed by atoms with Gasteiger partial charge in [0.1, 0.15) is 12.6 Å². The van der Waals surface area contributed by atoms with E-state index in [1.807, 2.05) is 0 Å². The minimum atomic E-state index is -1.56. The molecule has 1 rings (SSSR count). The van der Waals surface area contributed by atoms with Gasteiger partial charge in [-0.25, -0.2) is 4.79 Å². The molecular formula is C18H23N3O11. The summed E-state index contributed by atoms with van der Waals surface area (Å²) < 4.78 is 30.7. The van der Waals surface area contributed by atoms with E-state index in [9.17, 15) is 24.0 Å². The summed E-state index contributed by atoms with van der Waals surface area (Å²) >= 11 is 0. The van der Waals surface area contributed by atoms with E-state index in [4.69, 9.17) is 29.2 Å². The first kappa shape index (κ1) is 26.2. The lowest BCUT2D eigenvalue weighted by Crippen LogP contribution is -2.56. The largest absolute Gasteiger partial charge is 0.475 e. The minimum Gasteiger partial charge on any atom is -0.475 e. The molecule has 5 atom stereocenters. The molecule has 0 unspecified atom stereocenters. The van der Waals surface area contributed by atoms with Crippen LogP contribution in [0.1, 0.15) is 27.7 Å². The van der Waals surface area contributed by atoms with Gasteiger partial charge in [0.05, 0.1) is 7.11 Å². The van der Waals surface area contributed by atoms with Gasteiger partial charge in [0, 0.05) is 32.6 Å². The lowest BCUT2D eigenvalue weighted by molar-refractivity contribution is -0.199. The zero-order chi connectivity index (χ0) is 24.4. The van der Waals surface area contributed by atoms with E-state index in [0.29, 0.717) is 0 Å². The van der Waals surface area contributed by atoms with E-state index in [-0.39, 0.29) is 0 Å². The van der Waals surface area contributed by atoms with Crippen LogP contribution in [-0.2, 0) is 52.4 Å². The number of hydrogen-bond acceptors (Lipinski definition) is 12. The van der Waals surface area contributed by atoms with Crippen molar-refractivity contribution in [1.29, 1.82) is 0 Å². The second-order valence-corrected chi connectivity index (χ2v) is 6.40. The smallest absolute Gasteiger partial charge is 0.372 e. The van der Waals surface area contributed by atoms with Crippen LogP contribution in [0, 0.1) is 0 Å². The number of azide groups is 1. The molecule has 1 aliphatic rings. The average molecular weight is 457 g/mol. The van der Waals surface area contributed by atoms with Gasteiger partial charge >= 0.3 is 29.8 Å². The highest BCUT2D eigenvalue weighted by Gasteiger charge is 2.49. The molecule has 32 heavy (non-hydrogen) atoms. The molecule has 0 aromatic heterocycles. The fourth-order valence-electron chi connectivity index (χ4n) is 2.81. The molecule has 14 nitrogen and oxygen atoms in total. The second kappa shape index (κ2) is 12.2. The molecule has 0 aromatic rings. The molecule has 0 bridgehead atoms. The number of methoxy groups -OCH3 is 1. The number of carbonyl (C=O) groups is 5. The fraction of sp³-hybridized carbons (Fsp3) is 0.611. The van der Waals surface area contributed by atoms with Crippen LogP contribution in [0.25, 0.3) is 10.4 Å². The number of rotatable bonds is 9. The molecule has 0 saturated carbocycles. The molecule has 0 radical (unpaired) electrons. The van der Waals surface area contributed by atoms with Crippen LogP contribution in [0.3, 0.4) is 0 Å². The summed E-state index contributed by atoms with van der Waals surface area (Å²) in [5.41, 5.74) is 8.92. The van der Waals surface area contributed by atoms with E-state index < -0.39 is 72.7 Å². The maximum absolute atomic E-state index is 12.1. The van der Waals surface area contributed by atoms with Gasteiger partial charge in [-0.05, 0) is 11.6 Å². The average Bonchev–Trinajstić information content (AvgIpc) is 2.69. The van der Waals surface area contributed by atoms with Gasteiger partial charge in [0.2, 0.25) is 5.76 Å². The monoisotopic (exact) mass is 457 g/mol. The predicted molar refractivity (Wildman–Crippen MR) is 101 cm³/mol. The van der Waals surface area contributed by atoms with Crippen molar-refractivity contribution in [2.24, 2.45) is 5.11 Å². The van der Waals surface area contributed by atoms with Crippen molar-refractivity contribution >= 4 is 29.8 Å². The lowest BCUT2D eigenvalue weighted by atomic mass is 9.94. The maximum Gasteiger partial charge on any atom is 0.372 e. The Bertz CT molecular complexity index is 834. The lowest BCUT2D eigenvalue weighted by Gasteiger charge is -2.39. The molecule has 176 valence electrons. The summed E-state index contributed by atoms with van der Waals surface area (Å²) in [5.74, 6) is -4.65. The zero-order valence-corrected chi connectivity index (χ0v) is 18.0. The standard InChI is InChI=1S/C18H23N3O11/c1-8(22)28-7-14(29-9(2)23)16(31-11(4)25)17-15(30-10(3)24)12(20-21-19)6-13(32-17)18(26)27-5/h6,12,14-17H,7H2,1-5H3/t12-,14-,15-,16-,17-/m1/s1. The third-order valence-corrected chi connectivity index (χ3v) is 3.88. The van der Waals surface area contributed by atoms with Crippen LogP contribution in [0.5, 0.6) is 0 Å². The summed E-state index contributed by atoms with van der Waals surface area (Å²) in [7, 11) is 1.06. The first-order valence-electron chi connectivity index (χ1n) is 9.16. The third kappa shape index (κ3) is 7.80. The van der Waals surface area contributed by atoms with Crippen LogP contribution in [0.2, 0.25) is 0 Å². The van der Waals surface area contributed by atoms with Gasteiger partial charge < -0.3 is 28.4 Å². The zero-order valence-electron chi connectivity index (χ0n) is 18.0. The Labute approximate surface area is 182 Å². The summed E-state index contributed by atoms with van der Waals surface area (Å²) in [5, 5.41) is 3.50. The molecule has 0 spiro atoms. The predicted octanol–water partition coefficient (Wildman–Crippen LogP) is 0.479. The molecule has 0 aliphatic carbocycles. The Morgan fingerprint density at radius 1 is 1.06 bits per heavy atom. The fourth-order valence-corrected chi connectivity index (χ4v) is 2.81. The van der Waals surface area contributed by atoms with Gasteiger partial charge in [-0.1, -0.05) is 5.11 Å². The SMILES string of the molecule is COC(=O)C1=C[C@@H](N=[N+]=[N-])[C@@H](OC(C)=O)[C@H]([C@H](OC(C)=O)[C@@H](COC(C)=O)OC(C)=O)O1. The van der Waals surface area contributed by atoms with Crippen molar-refractivity contribution in [1.82, 2.24) is 0 Å². The highest BCUT2D eigenvalue weighted by Crippen LogP contribution is 2.30. The van der Waals surface area contributed by atoms with Crippen molar-refractivity contribution in [3.05, 3.63) is 22.3 Å². The highest BCUT2D eigenvalue weighted by atomic mass is 16.6. The summed E-state index contributed by atoms with van der Waals surface area (Å²) in [6, 6.07) is -1.29. The van der Waals surface area contributed by atoms with Gasteiger partial charge in [-0.15, -0.1) is 0 Å². The summed E-state index contributed by atoms with van der Waals surface area (Å²) in [6.45, 7) is 3.69. The summed E-state index contributed by atoms with van der Waals surface area (Å²) in [6.07, 6.45) is -4.89. The number of hydrogen-bond donors (Lipinski definition) is 0. The van der Waals surface area contributed by atoms with Gasteiger partial charge in [0.25, 0.3) is 0 Å². The van der Waals surface area contributed by atoms with Crippen LogP contribution >= 0.6 is 0 Å². The first-order valence-corrected chi connectivity index (χ1v) is 9.16. The molecule has 0 saturated heterocycles. The molecule has 1 heterocycles. The van der Waals surface area contributed by atoms with Crippen molar-refractivity contribution in [3.8, 4) is 0 Å². The van der Waals surface area contributed by atoms with Crippen LogP contribution < -0.4 is 0 Å². The molecule has 0 amide bonds. The Morgan fingerprint density at radius 2 is 1.69 bits per heavy atom. The summed E-state index contributed by atoms with van der Waals surface area (Å²) in [4.78, 5) is 61.2. The quantitative estimate of drug-likeness (QED) is 0.154. The Balaban J connectivity index is 3.57. The molecule has 0 N–H and O–H groups in total. The Hall–Kier alpha value is -3.80. The van der Waals surface area contributed by atoms with Crippen molar-refractivity contribution < 1.29 is 52.4 Å². The maximum atomic E-state index is 12.1. The number of esters is 5. The van der Waals surface area contributed by atoms with Crippen molar-refractivity contribution in [2.75, 3.05) is 13.7 Å². The van der Waals surface area contributed by atoms with Crippen LogP contribution in [0.15, 0.2) is 16.9 Å². The number of nitrogens with zero attached hydrogens (tertiary/aromatic N) is 3. The van der Waals surface area contributed by atoms with Gasteiger partial charge in [-0.3, -0.25) is 19.2 Å². The van der Waals surface area contributed by atoms with Crippen LogP contribution in [-0.4, -0.2) is 74.0 Å². The number of ether oxygens (including phenoxy) is 6. The number of carbonyl (C=O) groups excluding carboxylic acids is 5. The second-order valence-electron chi connectivity index (χ2n) is 6.40. The molecule has 0 fully saturated rings. The molecule has 1 aliphatic heterocycles. The third-order valence-electron chi connectivity index (χ3n) is 3.88. The van der Waals surface area contributed by atoms with Crippen molar-refractivity contribution in [3.63, 3.8) is 0 Å². The molecule has 14 heteroatoms. The van der Waals surface area contributed by atoms with E-state index >= 15 is 0 Å². The van der Waals surface area contributed by atoms with Crippen LogP contribution in [0.4, 0.5) is 0 Å². The van der Waals surface area contributed by atoms with E-state index in [0.717, 1.165) is 40.9 Å². The van der Waals surface area contributed by atoms with Gasteiger partial charge in [0.15, 0.2) is 24.4 Å². The minimum absolute atomic E-state index is 0.440. The first-order chi connectivity index (χ1) is 15.0. The van der Waals surface area contributed by atoms with E-state index in [1.165, 1.54) is 0 Å². The van der Waals surface area contributed by atoms with Crippen molar-refractivity contribution in [2.45, 2.75) is 58.2 Å².